The van der Waals surface area contributed by atoms with Crippen LogP contribution in [-0.4, -0.2) is 50.1 Å². The van der Waals surface area contributed by atoms with Gasteiger partial charge >= 0.3 is 0 Å². The average molecular weight is 378 g/mol. The number of hydrogen-bond acceptors (Lipinski definition) is 4. The van der Waals surface area contributed by atoms with E-state index in [0.717, 1.165) is 44.0 Å². The van der Waals surface area contributed by atoms with Gasteiger partial charge in [-0.15, -0.1) is 0 Å². The standard InChI is InChI=1S/C22H23FN4O/c23-20-6-8-21(9-7-20)27-15-13-26(14-16-27)12-11-25-22(28)10-5-18-1-3-19(17-24)4-2-18/h1-10H,11-16H2,(H,25,28)/b10-5+. The number of hydrogen-bond donors (Lipinski definition) is 1. The number of nitrogens with zero attached hydrogens (tertiary/aromatic N) is 3. The Morgan fingerprint density at radius 1 is 1.07 bits per heavy atom. The monoisotopic (exact) mass is 378 g/mol. The van der Waals surface area contributed by atoms with Gasteiger partial charge in [-0.2, -0.15) is 5.26 Å². The molecule has 1 N–H and O–H groups in total. The molecule has 2 aromatic carbocycles. The first-order valence-electron chi connectivity index (χ1n) is 9.33. The predicted octanol–water partition coefficient (Wildman–Crippen LogP) is 2.65. The van der Waals surface area contributed by atoms with Gasteiger partial charge in [-0.05, 0) is 48.0 Å². The normalized spacial score (nSPS) is 14.8. The summed E-state index contributed by atoms with van der Waals surface area (Å²) >= 11 is 0. The van der Waals surface area contributed by atoms with E-state index in [9.17, 15) is 9.18 Å². The summed E-state index contributed by atoms with van der Waals surface area (Å²) in [7, 11) is 0. The zero-order chi connectivity index (χ0) is 19.8. The van der Waals surface area contributed by atoms with Crippen LogP contribution in [0.5, 0.6) is 0 Å². The second-order valence-corrected chi connectivity index (χ2v) is 6.66. The molecule has 0 bridgehead atoms. The van der Waals surface area contributed by atoms with E-state index in [1.807, 2.05) is 24.3 Å². The van der Waals surface area contributed by atoms with Gasteiger partial charge in [0.2, 0.25) is 5.91 Å². The van der Waals surface area contributed by atoms with Gasteiger partial charge < -0.3 is 10.2 Å². The van der Waals surface area contributed by atoms with Crippen LogP contribution in [0.15, 0.2) is 54.6 Å². The summed E-state index contributed by atoms with van der Waals surface area (Å²) in [6.45, 7) is 4.99. The molecule has 6 heteroatoms. The number of nitrogens with one attached hydrogen (secondary N) is 1. The molecule has 2 aromatic rings. The Hall–Kier alpha value is -3.17. The highest BCUT2D eigenvalue weighted by Gasteiger charge is 2.16. The summed E-state index contributed by atoms with van der Waals surface area (Å²) in [5, 5.41) is 11.7. The van der Waals surface area contributed by atoms with Crippen molar-refractivity contribution in [3.8, 4) is 6.07 Å². The van der Waals surface area contributed by atoms with Crippen molar-refractivity contribution in [2.75, 3.05) is 44.2 Å². The molecular weight excluding hydrogens is 355 g/mol. The number of halogens is 1. The fraction of sp³-hybridized carbons (Fsp3) is 0.273. The lowest BCUT2D eigenvalue weighted by atomic mass is 10.1. The number of carbonyl (C=O) groups is 1. The highest BCUT2D eigenvalue weighted by atomic mass is 19.1. The van der Waals surface area contributed by atoms with Gasteiger partial charge in [-0.1, -0.05) is 12.1 Å². The maximum atomic E-state index is 13.0. The third-order valence-corrected chi connectivity index (χ3v) is 4.76. The Bertz CT molecular complexity index is 848. The third kappa shape index (κ3) is 5.66. The maximum absolute atomic E-state index is 13.0. The van der Waals surface area contributed by atoms with E-state index in [1.54, 1.807) is 18.2 Å². The van der Waals surface area contributed by atoms with Crippen LogP contribution in [0.25, 0.3) is 6.08 Å². The van der Waals surface area contributed by atoms with Crippen molar-refractivity contribution in [1.29, 1.82) is 5.26 Å². The van der Waals surface area contributed by atoms with Crippen LogP contribution in [0.4, 0.5) is 10.1 Å². The quantitative estimate of drug-likeness (QED) is 0.785. The van der Waals surface area contributed by atoms with E-state index in [4.69, 9.17) is 5.26 Å². The van der Waals surface area contributed by atoms with Crippen LogP contribution in [0.1, 0.15) is 11.1 Å². The molecule has 1 aliphatic heterocycles. The molecule has 1 saturated heterocycles. The molecule has 1 aliphatic rings. The molecule has 0 aliphatic carbocycles. The number of anilines is 1. The average Bonchev–Trinajstić information content (AvgIpc) is 2.74. The molecule has 1 fully saturated rings. The molecule has 144 valence electrons. The topological polar surface area (TPSA) is 59.4 Å². The van der Waals surface area contributed by atoms with Crippen molar-refractivity contribution in [3.05, 3.63) is 71.6 Å². The van der Waals surface area contributed by atoms with Crippen LogP contribution in [-0.2, 0) is 4.79 Å². The van der Waals surface area contributed by atoms with E-state index in [1.165, 1.54) is 18.2 Å². The smallest absolute Gasteiger partial charge is 0.244 e. The number of carbonyl (C=O) groups excluding carboxylic acids is 1. The summed E-state index contributed by atoms with van der Waals surface area (Å²) in [6.07, 6.45) is 3.24. The molecule has 5 nitrogen and oxygen atoms in total. The van der Waals surface area contributed by atoms with Crippen molar-refractivity contribution >= 4 is 17.7 Å². The molecule has 1 heterocycles. The minimum absolute atomic E-state index is 0.130. The number of nitriles is 1. The summed E-state index contributed by atoms with van der Waals surface area (Å²) in [5.74, 6) is -0.347. The summed E-state index contributed by atoms with van der Waals surface area (Å²) in [5.41, 5.74) is 2.52. The van der Waals surface area contributed by atoms with E-state index in [-0.39, 0.29) is 11.7 Å². The molecule has 1 amide bonds. The number of piperazine rings is 1. The largest absolute Gasteiger partial charge is 0.369 e. The van der Waals surface area contributed by atoms with Crippen molar-refractivity contribution in [3.63, 3.8) is 0 Å². The first kappa shape index (κ1) is 19.6. The lowest BCUT2D eigenvalue weighted by Gasteiger charge is -2.36. The van der Waals surface area contributed by atoms with Crippen LogP contribution >= 0.6 is 0 Å². The zero-order valence-corrected chi connectivity index (χ0v) is 15.6. The van der Waals surface area contributed by atoms with Gasteiger partial charge in [-0.3, -0.25) is 9.69 Å². The Morgan fingerprint density at radius 2 is 1.75 bits per heavy atom. The van der Waals surface area contributed by atoms with E-state index < -0.39 is 0 Å². The van der Waals surface area contributed by atoms with Gasteiger partial charge in [0.15, 0.2) is 0 Å². The molecule has 0 spiro atoms. The van der Waals surface area contributed by atoms with Gasteiger partial charge in [-0.25, -0.2) is 4.39 Å². The Morgan fingerprint density at radius 3 is 2.39 bits per heavy atom. The van der Waals surface area contributed by atoms with E-state index >= 15 is 0 Å². The summed E-state index contributed by atoms with van der Waals surface area (Å²) in [6, 6.07) is 15.7. The number of rotatable bonds is 6. The van der Waals surface area contributed by atoms with E-state index in [0.29, 0.717) is 12.1 Å². The SMILES string of the molecule is N#Cc1ccc(/C=C/C(=O)NCCN2CCN(c3ccc(F)cc3)CC2)cc1. The highest BCUT2D eigenvalue weighted by molar-refractivity contribution is 5.91. The lowest BCUT2D eigenvalue weighted by Crippen LogP contribution is -2.48. The second kappa shape index (κ2) is 9.67. The maximum Gasteiger partial charge on any atom is 0.244 e. The summed E-state index contributed by atoms with van der Waals surface area (Å²) in [4.78, 5) is 16.5. The predicted molar refractivity (Wildman–Crippen MR) is 108 cm³/mol. The Kier molecular flexibility index (Phi) is 6.77. The molecule has 28 heavy (non-hydrogen) atoms. The molecule has 0 radical (unpaired) electrons. The highest BCUT2D eigenvalue weighted by Crippen LogP contribution is 2.16. The van der Waals surface area contributed by atoms with Crippen molar-refractivity contribution < 1.29 is 9.18 Å². The Labute approximate surface area is 164 Å². The number of benzene rings is 2. The van der Waals surface area contributed by atoms with Crippen LogP contribution in [0, 0.1) is 17.1 Å². The van der Waals surface area contributed by atoms with Crippen molar-refractivity contribution in [2.24, 2.45) is 0 Å². The summed E-state index contributed by atoms with van der Waals surface area (Å²) < 4.78 is 13.0. The molecule has 3 rings (SSSR count). The molecule has 0 aromatic heterocycles. The van der Waals surface area contributed by atoms with Crippen LogP contribution in [0.3, 0.4) is 0 Å². The lowest BCUT2D eigenvalue weighted by molar-refractivity contribution is -0.116. The molecule has 0 atom stereocenters. The minimum Gasteiger partial charge on any atom is -0.369 e. The second-order valence-electron chi connectivity index (χ2n) is 6.66. The minimum atomic E-state index is -0.216. The van der Waals surface area contributed by atoms with Gasteiger partial charge in [0, 0.05) is 51.0 Å². The fourth-order valence-corrected chi connectivity index (χ4v) is 3.12. The molecular formula is C22H23FN4O. The first-order valence-corrected chi connectivity index (χ1v) is 9.33. The van der Waals surface area contributed by atoms with Gasteiger partial charge in [0.25, 0.3) is 0 Å². The van der Waals surface area contributed by atoms with Crippen molar-refractivity contribution in [2.45, 2.75) is 0 Å². The van der Waals surface area contributed by atoms with Gasteiger partial charge in [0.05, 0.1) is 11.6 Å². The first-order chi connectivity index (χ1) is 13.6. The zero-order valence-electron chi connectivity index (χ0n) is 15.6. The molecule has 0 unspecified atom stereocenters. The molecule has 0 saturated carbocycles. The number of amides is 1. The Balaban J connectivity index is 1.36. The van der Waals surface area contributed by atoms with E-state index in [2.05, 4.69) is 21.2 Å². The van der Waals surface area contributed by atoms with Crippen LogP contribution < -0.4 is 10.2 Å². The van der Waals surface area contributed by atoms with Gasteiger partial charge in [0.1, 0.15) is 5.82 Å². The van der Waals surface area contributed by atoms with Crippen LogP contribution in [0.2, 0.25) is 0 Å². The third-order valence-electron chi connectivity index (χ3n) is 4.76. The van der Waals surface area contributed by atoms with Crippen molar-refractivity contribution in [1.82, 2.24) is 10.2 Å². The fourth-order valence-electron chi connectivity index (χ4n) is 3.12.